The first-order valence-corrected chi connectivity index (χ1v) is 8.03. The van der Waals surface area contributed by atoms with Crippen LogP contribution in [-0.2, 0) is 6.42 Å². The summed E-state index contributed by atoms with van der Waals surface area (Å²) in [5.41, 5.74) is 0.151. The lowest BCUT2D eigenvalue weighted by molar-refractivity contribution is 0.0959. The van der Waals surface area contributed by atoms with Crippen LogP contribution in [0.3, 0.4) is 0 Å². The largest absolute Gasteiger partial charge is 0.469 e. The molecule has 1 atom stereocenters. The molecule has 4 rings (SSSR count). The molecule has 8 nitrogen and oxygen atoms in total. The number of pyridine rings is 1. The molecule has 0 spiro atoms. The standard InChI is InChI=1S/C18H14N4O4/c23-14-8-10(15-3-1-6-26-15)7-13-11(14)9-12(16(24)21-13)17(25)22-18-19-4-2-5-20-18/h1-6,9-10H,7-8H2,(H,21,24)(H,19,20,22,25). The summed E-state index contributed by atoms with van der Waals surface area (Å²) in [4.78, 5) is 47.6. The second-order valence-corrected chi connectivity index (χ2v) is 5.97. The highest BCUT2D eigenvalue weighted by atomic mass is 16.3. The Balaban J connectivity index is 1.64. The van der Waals surface area contributed by atoms with E-state index < -0.39 is 11.5 Å². The highest BCUT2D eigenvalue weighted by Crippen LogP contribution is 2.31. The first-order valence-electron chi connectivity index (χ1n) is 8.03. The maximum absolute atomic E-state index is 12.5. The van der Waals surface area contributed by atoms with Crippen molar-refractivity contribution < 1.29 is 14.0 Å². The molecule has 3 heterocycles. The van der Waals surface area contributed by atoms with E-state index in [1.54, 1.807) is 18.4 Å². The van der Waals surface area contributed by atoms with Crippen LogP contribution in [0.2, 0.25) is 0 Å². The number of fused-ring (bicyclic) bond motifs is 1. The van der Waals surface area contributed by atoms with Gasteiger partial charge in [0.15, 0.2) is 5.78 Å². The molecule has 0 aromatic carbocycles. The number of hydrogen-bond donors (Lipinski definition) is 2. The molecule has 26 heavy (non-hydrogen) atoms. The van der Waals surface area contributed by atoms with Gasteiger partial charge in [-0.3, -0.25) is 19.7 Å². The van der Waals surface area contributed by atoms with Crippen molar-refractivity contribution >= 4 is 17.6 Å². The Bertz CT molecular complexity index is 1030. The van der Waals surface area contributed by atoms with Crippen LogP contribution in [0.1, 0.15) is 44.5 Å². The molecule has 1 amide bonds. The molecule has 0 aliphatic heterocycles. The number of hydrogen-bond acceptors (Lipinski definition) is 6. The average Bonchev–Trinajstić information content (AvgIpc) is 3.16. The number of aromatic nitrogens is 3. The Hall–Kier alpha value is -3.55. The lowest BCUT2D eigenvalue weighted by Gasteiger charge is -2.22. The van der Waals surface area contributed by atoms with E-state index in [2.05, 4.69) is 20.3 Å². The molecule has 1 unspecified atom stereocenters. The Morgan fingerprint density at radius 3 is 2.73 bits per heavy atom. The van der Waals surface area contributed by atoms with Crippen molar-refractivity contribution in [1.29, 1.82) is 0 Å². The summed E-state index contributed by atoms with van der Waals surface area (Å²) in [5, 5.41) is 2.44. The van der Waals surface area contributed by atoms with Gasteiger partial charge in [-0.25, -0.2) is 9.97 Å². The van der Waals surface area contributed by atoms with Crippen molar-refractivity contribution in [3.8, 4) is 0 Å². The number of furan rings is 1. The minimum atomic E-state index is -0.666. The van der Waals surface area contributed by atoms with Crippen LogP contribution < -0.4 is 10.9 Å². The number of carbonyl (C=O) groups excluding carboxylic acids is 2. The Labute approximate surface area is 147 Å². The number of nitrogens with zero attached hydrogens (tertiary/aromatic N) is 2. The van der Waals surface area contributed by atoms with Gasteiger partial charge in [0.1, 0.15) is 11.3 Å². The van der Waals surface area contributed by atoms with Crippen LogP contribution >= 0.6 is 0 Å². The molecular formula is C18H14N4O4. The molecule has 0 fully saturated rings. The van der Waals surface area contributed by atoms with Gasteiger partial charge in [-0.15, -0.1) is 0 Å². The topological polar surface area (TPSA) is 118 Å². The third-order valence-electron chi connectivity index (χ3n) is 4.29. The third-order valence-corrected chi connectivity index (χ3v) is 4.29. The van der Waals surface area contributed by atoms with E-state index in [-0.39, 0.29) is 29.6 Å². The minimum absolute atomic E-state index is 0.0823. The van der Waals surface area contributed by atoms with Crippen molar-refractivity contribution in [3.63, 3.8) is 0 Å². The summed E-state index contributed by atoms with van der Waals surface area (Å²) in [5.74, 6) is -0.153. The molecule has 3 aromatic rings. The van der Waals surface area contributed by atoms with E-state index in [0.29, 0.717) is 23.4 Å². The lowest BCUT2D eigenvalue weighted by Crippen LogP contribution is -2.29. The maximum Gasteiger partial charge on any atom is 0.263 e. The van der Waals surface area contributed by atoms with E-state index in [9.17, 15) is 14.4 Å². The molecule has 2 N–H and O–H groups in total. The van der Waals surface area contributed by atoms with Gasteiger partial charge < -0.3 is 9.40 Å². The fraction of sp³-hybridized carbons (Fsp3) is 0.167. The number of carbonyl (C=O) groups is 2. The van der Waals surface area contributed by atoms with Crippen molar-refractivity contribution in [2.45, 2.75) is 18.8 Å². The second kappa shape index (κ2) is 6.40. The first kappa shape index (κ1) is 15.9. The Morgan fingerprint density at radius 1 is 1.19 bits per heavy atom. The first-order chi connectivity index (χ1) is 12.6. The van der Waals surface area contributed by atoms with Crippen LogP contribution in [0, 0.1) is 0 Å². The monoisotopic (exact) mass is 350 g/mol. The summed E-state index contributed by atoms with van der Waals surface area (Å²) in [6.45, 7) is 0. The van der Waals surface area contributed by atoms with E-state index in [1.807, 2.05) is 6.07 Å². The number of rotatable bonds is 3. The lowest BCUT2D eigenvalue weighted by atomic mass is 9.84. The van der Waals surface area contributed by atoms with Crippen LogP contribution in [0.25, 0.3) is 0 Å². The van der Waals surface area contributed by atoms with Crippen molar-refractivity contribution in [1.82, 2.24) is 15.0 Å². The second-order valence-electron chi connectivity index (χ2n) is 5.97. The molecular weight excluding hydrogens is 336 g/mol. The fourth-order valence-corrected chi connectivity index (χ4v) is 3.06. The van der Waals surface area contributed by atoms with Gasteiger partial charge in [0.2, 0.25) is 5.95 Å². The van der Waals surface area contributed by atoms with Crippen LogP contribution in [-0.4, -0.2) is 26.6 Å². The van der Waals surface area contributed by atoms with Gasteiger partial charge in [-0.1, -0.05) is 0 Å². The Kier molecular flexibility index (Phi) is 3.92. The summed E-state index contributed by atoms with van der Waals surface area (Å²) >= 11 is 0. The van der Waals surface area contributed by atoms with Gasteiger partial charge in [-0.2, -0.15) is 0 Å². The van der Waals surface area contributed by atoms with E-state index >= 15 is 0 Å². The number of anilines is 1. The minimum Gasteiger partial charge on any atom is -0.469 e. The third kappa shape index (κ3) is 2.92. The number of ketones is 1. The number of H-pyrrole nitrogens is 1. The summed E-state index contributed by atoms with van der Waals surface area (Å²) in [7, 11) is 0. The fourth-order valence-electron chi connectivity index (χ4n) is 3.06. The summed E-state index contributed by atoms with van der Waals surface area (Å²) < 4.78 is 5.37. The number of nitrogens with one attached hydrogen (secondary N) is 2. The van der Waals surface area contributed by atoms with Gasteiger partial charge in [0.05, 0.1) is 6.26 Å². The molecule has 130 valence electrons. The van der Waals surface area contributed by atoms with E-state index in [4.69, 9.17) is 4.42 Å². The zero-order valence-electron chi connectivity index (χ0n) is 13.6. The molecule has 3 aromatic heterocycles. The molecule has 0 radical (unpaired) electrons. The molecule has 0 bridgehead atoms. The quantitative estimate of drug-likeness (QED) is 0.745. The van der Waals surface area contributed by atoms with Gasteiger partial charge in [0, 0.05) is 36.0 Å². The molecule has 8 heteroatoms. The van der Waals surface area contributed by atoms with Gasteiger partial charge in [0.25, 0.3) is 11.5 Å². The summed E-state index contributed by atoms with van der Waals surface area (Å²) in [6.07, 6.45) is 5.22. The number of Topliss-reactive ketones (excluding diaryl/α,β-unsaturated/α-hetero) is 1. The zero-order chi connectivity index (χ0) is 18.1. The predicted molar refractivity (Wildman–Crippen MR) is 91.1 cm³/mol. The van der Waals surface area contributed by atoms with E-state index in [1.165, 1.54) is 18.5 Å². The van der Waals surface area contributed by atoms with Crippen molar-refractivity contribution in [2.24, 2.45) is 0 Å². The van der Waals surface area contributed by atoms with E-state index in [0.717, 1.165) is 0 Å². The SMILES string of the molecule is O=C1CC(c2ccco2)Cc2[nH]c(=O)c(C(=O)Nc3ncccn3)cc21. The molecule has 0 saturated heterocycles. The van der Waals surface area contributed by atoms with Crippen molar-refractivity contribution in [3.05, 3.63) is 75.9 Å². The molecule has 0 saturated carbocycles. The van der Waals surface area contributed by atoms with Gasteiger partial charge >= 0.3 is 0 Å². The predicted octanol–water partition coefficient (Wildman–Crippen LogP) is 1.92. The highest BCUT2D eigenvalue weighted by Gasteiger charge is 2.30. The maximum atomic E-state index is 12.5. The molecule has 1 aliphatic carbocycles. The van der Waals surface area contributed by atoms with Crippen LogP contribution in [0.4, 0.5) is 5.95 Å². The smallest absolute Gasteiger partial charge is 0.263 e. The summed E-state index contributed by atoms with van der Waals surface area (Å²) in [6, 6.07) is 6.52. The number of amides is 1. The van der Waals surface area contributed by atoms with Crippen LogP contribution in [0.5, 0.6) is 0 Å². The van der Waals surface area contributed by atoms with Gasteiger partial charge in [-0.05, 0) is 30.7 Å². The highest BCUT2D eigenvalue weighted by molar-refractivity contribution is 6.06. The van der Waals surface area contributed by atoms with Crippen molar-refractivity contribution in [2.75, 3.05) is 5.32 Å². The average molecular weight is 350 g/mol. The normalized spacial score (nSPS) is 16.2. The number of aromatic amines is 1. The molecule has 1 aliphatic rings. The van der Waals surface area contributed by atoms with Crippen LogP contribution in [0.15, 0.2) is 52.1 Å². The zero-order valence-corrected chi connectivity index (χ0v) is 13.6. The Morgan fingerprint density at radius 2 is 2.00 bits per heavy atom.